The van der Waals surface area contributed by atoms with Crippen molar-refractivity contribution in [2.45, 2.75) is 121 Å². The highest BCUT2D eigenvalue weighted by Gasteiger charge is 2.61. The zero-order valence-corrected chi connectivity index (χ0v) is 21.4. The minimum atomic E-state index is -1.47. The topological polar surface area (TPSA) is 140 Å². The molecule has 3 fully saturated rings. The number of hydrogen-bond acceptors (Lipinski definition) is 8. The summed E-state index contributed by atoms with van der Waals surface area (Å²) in [6.07, 6.45) is -1.10. The first-order valence-electron chi connectivity index (χ1n) is 12.6. The lowest BCUT2D eigenvalue weighted by molar-refractivity contribution is -0.329. The van der Waals surface area contributed by atoms with Crippen molar-refractivity contribution >= 4 is 0 Å². The minimum Gasteiger partial charge on any atom is -0.394 e. The van der Waals surface area contributed by atoms with Gasteiger partial charge in [-0.25, -0.2) is 0 Å². The monoisotopic (exact) mass is 486 g/mol. The standard InChI is InChI=1S/C26H46O8/c1-7-24(4,31)11-8-17-25(5)12-10-18(23(2,3)16(25)9-13-26(17,6)32)34-22-21(30)20(29)19(28)15(14-27)33-22/h7,15-22,27-32H,1,8-14H2,2-6H3/t15-,16+,17-,18+,19-,20+,21-,22+,24+,25+,26-/m1/s1. The van der Waals surface area contributed by atoms with Gasteiger partial charge in [0.2, 0.25) is 0 Å². The molecule has 0 aromatic rings. The van der Waals surface area contributed by atoms with E-state index in [9.17, 15) is 30.6 Å². The number of hydrogen-bond donors (Lipinski definition) is 6. The van der Waals surface area contributed by atoms with E-state index in [1.807, 2.05) is 6.92 Å². The molecule has 2 aliphatic carbocycles. The van der Waals surface area contributed by atoms with E-state index in [-0.39, 0.29) is 28.8 Å². The second kappa shape index (κ2) is 9.71. The Morgan fingerprint density at radius 1 is 1.06 bits per heavy atom. The van der Waals surface area contributed by atoms with Crippen molar-refractivity contribution in [2.75, 3.05) is 6.61 Å². The van der Waals surface area contributed by atoms with Gasteiger partial charge in [-0.1, -0.05) is 26.8 Å². The van der Waals surface area contributed by atoms with Crippen molar-refractivity contribution in [1.82, 2.24) is 0 Å². The van der Waals surface area contributed by atoms with Gasteiger partial charge in [-0.2, -0.15) is 0 Å². The van der Waals surface area contributed by atoms with Gasteiger partial charge in [0, 0.05) is 0 Å². The summed E-state index contributed by atoms with van der Waals surface area (Å²) in [5.74, 6) is 0.195. The van der Waals surface area contributed by atoms with Crippen molar-refractivity contribution < 1.29 is 40.1 Å². The van der Waals surface area contributed by atoms with Crippen LogP contribution < -0.4 is 0 Å². The first kappa shape index (κ1) is 28.0. The second-order valence-corrected chi connectivity index (χ2v) is 12.3. The summed E-state index contributed by atoms with van der Waals surface area (Å²) in [4.78, 5) is 0. The zero-order chi connectivity index (χ0) is 25.7. The normalized spacial score (nSPS) is 48.6. The third kappa shape index (κ3) is 4.98. The molecule has 198 valence electrons. The van der Waals surface area contributed by atoms with E-state index >= 15 is 0 Å². The van der Waals surface area contributed by atoms with Crippen LogP contribution in [-0.2, 0) is 9.47 Å². The minimum absolute atomic E-state index is 0.0161. The number of ether oxygens (including phenoxy) is 2. The first-order chi connectivity index (χ1) is 15.6. The van der Waals surface area contributed by atoms with Crippen LogP contribution in [0.1, 0.15) is 73.1 Å². The SMILES string of the molecule is C=C[C@](C)(O)CC[C@@H]1[C@@]2(C)CC[C@H](O[C@@H]3O[C@H](CO)[C@@H](O)[C@H](O)[C@H]3O)C(C)(C)[C@@H]2CC[C@@]1(C)O. The van der Waals surface area contributed by atoms with Crippen molar-refractivity contribution in [3.63, 3.8) is 0 Å². The van der Waals surface area contributed by atoms with E-state index in [0.29, 0.717) is 25.7 Å². The lowest BCUT2D eigenvalue weighted by Crippen LogP contribution is -2.63. The number of fused-ring (bicyclic) bond motifs is 1. The largest absolute Gasteiger partial charge is 0.394 e. The summed E-state index contributed by atoms with van der Waals surface area (Å²) in [6, 6.07) is 0. The molecule has 3 aliphatic rings. The highest BCUT2D eigenvalue weighted by Crippen LogP contribution is 2.63. The Morgan fingerprint density at radius 2 is 1.71 bits per heavy atom. The van der Waals surface area contributed by atoms with Gasteiger partial charge < -0.3 is 40.1 Å². The fraction of sp³-hybridized carbons (Fsp3) is 0.923. The maximum absolute atomic E-state index is 11.4. The van der Waals surface area contributed by atoms with E-state index in [4.69, 9.17) is 9.47 Å². The Kier molecular flexibility index (Phi) is 7.99. The van der Waals surface area contributed by atoms with Crippen LogP contribution in [0, 0.1) is 22.7 Å². The smallest absolute Gasteiger partial charge is 0.186 e. The fourth-order valence-electron chi connectivity index (χ4n) is 7.27. The molecule has 0 bridgehead atoms. The zero-order valence-electron chi connectivity index (χ0n) is 21.4. The van der Waals surface area contributed by atoms with E-state index < -0.39 is 48.5 Å². The van der Waals surface area contributed by atoms with Crippen molar-refractivity contribution in [2.24, 2.45) is 22.7 Å². The quantitative estimate of drug-likeness (QED) is 0.235. The molecule has 0 aromatic carbocycles. The Balaban J connectivity index is 1.81. The van der Waals surface area contributed by atoms with Crippen LogP contribution in [0.15, 0.2) is 12.7 Å². The van der Waals surface area contributed by atoms with E-state index in [1.54, 1.807) is 13.0 Å². The summed E-state index contributed by atoms with van der Waals surface area (Å²) >= 11 is 0. The van der Waals surface area contributed by atoms with Crippen molar-refractivity contribution in [3.8, 4) is 0 Å². The first-order valence-corrected chi connectivity index (χ1v) is 12.6. The molecule has 11 atom stereocenters. The molecule has 34 heavy (non-hydrogen) atoms. The molecule has 2 saturated carbocycles. The summed E-state index contributed by atoms with van der Waals surface area (Å²) in [7, 11) is 0. The highest BCUT2D eigenvalue weighted by atomic mass is 16.7. The van der Waals surface area contributed by atoms with Crippen LogP contribution in [0.5, 0.6) is 0 Å². The summed E-state index contributed by atoms with van der Waals surface area (Å²) in [5.41, 5.74) is -2.35. The molecule has 1 aliphatic heterocycles. The molecular weight excluding hydrogens is 440 g/mol. The maximum atomic E-state index is 11.4. The van der Waals surface area contributed by atoms with Gasteiger partial charge in [-0.15, -0.1) is 6.58 Å². The van der Waals surface area contributed by atoms with E-state index in [1.165, 1.54) is 0 Å². The lowest BCUT2D eigenvalue weighted by Gasteiger charge is -2.63. The van der Waals surface area contributed by atoms with Crippen LogP contribution in [-0.4, -0.2) is 85.3 Å². The molecule has 1 heterocycles. The third-order valence-electron chi connectivity index (χ3n) is 9.48. The number of aliphatic hydroxyl groups is 6. The average Bonchev–Trinajstić information content (AvgIpc) is 2.74. The van der Waals surface area contributed by atoms with Gasteiger partial charge >= 0.3 is 0 Å². The molecule has 0 amide bonds. The van der Waals surface area contributed by atoms with Crippen LogP contribution in [0.2, 0.25) is 0 Å². The van der Waals surface area contributed by atoms with Crippen LogP contribution in [0.3, 0.4) is 0 Å². The molecule has 0 aromatic heterocycles. The molecule has 8 nitrogen and oxygen atoms in total. The molecule has 0 radical (unpaired) electrons. The second-order valence-electron chi connectivity index (χ2n) is 12.3. The van der Waals surface area contributed by atoms with Crippen LogP contribution in [0.25, 0.3) is 0 Å². The summed E-state index contributed by atoms with van der Waals surface area (Å²) in [6.45, 7) is 13.4. The Morgan fingerprint density at radius 3 is 2.29 bits per heavy atom. The molecule has 6 N–H and O–H groups in total. The molecule has 0 spiro atoms. The van der Waals surface area contributed by atoms with Gasteiger partial charge in [0.1, 0.15) is 24.4 Å². The van der Waals surface area contributed by atoms with Crippen molar-refractivity contribution in [3.05, 3.63) is 12.7 Å². The Labute approximate surface area is 203 Å². The van der Waals surface area contributed by atoms with Gasteiger partial charge in [0.05, 0.1) is 23.9 Å². The van der Waals surface area contributed by atoms with Gasteiger partial charge in [-0.05, 0) is 75.0 Å². The number of aliphatic hydroxyl groups excluding tert-OH is 4. The Bertz CT molecular complexity index is 720. The molecule has 3 rings (SSSR count). The fourth-order valence-corrected chi connectivity index (χ4v) is 7.27. The highest BCUT2D eigenvalue weighted by molar-refractivity contribution is 5.10. The van der Waals surface area contributed by atoms with Gasteiger partial charge in [0.15, 0.2) is 6.29 Å². The Hall–Kier alpha value is -0.580. The predicted octanol–water partition coefficient (Wildman–Crippen LogP) is 1.49. The molecule has 8 heteroatoms. The molecule has 1 saturated heterocycles. The number of rotatable bonds is 7. The molecule has 0 unspecified atom stereocenters. The molecular formula is C26H46O8. The summed E-state index contributed by atoms with van der Waals surface area (Å²) < 4.78 is 11.9. The lowest BCUT2D eigenvalue weighted by atomic mass is 9.44. The van der Waals surface area contributed by atoms with Crippen molar-refractivity contribution in [1.29, 1.82) is 0 Å². The predicted molar refractivity (Wildman–Crippen MR) is 127 cm³/mol. The van der Waals surface area contributed by atoms with E-state index in [2.05, 4.69) is 27.4 Å². The van der Waals surface area contributed by atoms with Gasteiger partial charge in [-0.3, -0.25) is 0 Å². The van der Waals surface area contributed by atoms with Crippen LogP contribution in [0.4, 0.5) is 0 Å². The third-order valence-corrected chi connectivity index (χ3v) is 9.48. The van der Waals surface area contributed by atoms with Crippen LogP contribution >= 0.6 is 0 Å². The maximum Gasteiger partial charge on any atom is 0.186 e. The van der Waals surface area contributed by atoms with E-state index in [0.717, 1.165) is 12.8 Å². The average molecular weight is 487 g/mol. The van der Waals surface area contributed by atoms with Gasteiger partial charge in [0.25, 0.3) is 0 Å². The summed E-state index contributed by atoms with van der Waals surface area (Å²) in [5, 5.41) is 62.1.